The van der Waals surface area contributed by atoms with Crippen molar-refractivity contribution >= 4 is 36.6 Å². The highest BCUT2D eigenvalue weighted by Gasteiger charge is 2.21. The summed E-state index contributed by atoms with van der Waals surface area (Å²) in [4.78, 5) is 24.9. The van der Waals surface area contributed by atoms with Crippen LogP contribution in [0.5, 0.6) is 0 Å². The molecule has 2 atom stereocenters. The lowest BCUT2D eigenvalue weighted by Crippen LogP contribution is -2.48. The fourth-order valence-corrected chi connectivity index (χ4v) is 2.33. The molecule has 2 unspecified atom stereocenters. The first-order valence-corrected chi connectivity index (χ1v) is 7.00. The van der Waals surface area contributed by atoms with Crippen LogP contribution in [-0.4, -0.2) is 55.5 Å². The van der Waals surface area contributed by atoms with Crippen LogP contribution >= 0.6 is 24.8 Å². The van der Waals surface area contributed by atoms with Gasteiger partial charge in [0.15, 0.2) is 0 Å². The van der Waals surface area contributed by atoms with Crippen LogP contribution < -0.4 is 16.4 Å². The Balaban J connectivity index is 0. The van der Waals surface area contributed by atoms with E-state index in [-0.39, 0.29) is 49.7 Å². The first-order valence-electron chi connectivity index (χ1n) is 7.00. The number of amides is 2. The Bertz CT molecular complexity index is 319. The van der Waals surface area contributed by atoms with Gasteiger partial charge in [-0.05, 0) is 32.2 Å². The van der Waals surface area contributed by atoms with Crippen LogP contribution in [0.3, 0.4) is 0 Å². The van der Waals surface area contributed by atoms with Gasteiger partial charge in [-0.2, -0.15) is 0 Å². The molecule has 0 bridgehead atoms. The van der Waals surface area contributed by atoms with Crippen molar-refractivity contribution < 1.29 is 9.59 Å². The molecule has 1 aliphatic heterocycles. The number of nitrogens with one attached hydrogen (secondary N) is 2. The fraction of sp³-hybridized carbons (Fsp3) is 0.846. The van der Waals surface area contributed by atoms with Gasteiger partial charge in [0.05, 0.1) is 13.1 Å². The molecule has 0 aromatic carbocycles. The van der Waals surface area contributed by atoms with Crippen LogP contribution in [0, 0.1) is 5.92 Å². The lowest BCUT2D eigenvalue weighted by atomic mass is 9.99. The fourth-order valence-electron chi connectivity index (χ4n) is 2.33. The van der Waals surface area contributed by atoms with E-state index in [2.05, 4.69) is 29.4 Å². The molecule has 0 saturated carbocycles. The monoisotopic (exact) mass is 342 g/mol. The number of likely N-dealkylation sites (tertiary alicyclic amines) is 1. The SMILES string of the molecule is CC1CCCN(C(C)CNC(=O)CNC(=O)CN)C1.Cl.Cl. The Hall–Kier alpha value is -0.560. The Morgan fingerprint density at radius 1 is 1.29 bits per heavy atom. The van der Waals surface area contributed by atoms with E-state index >= 15 is 0 Å². The molecule has 8 heteroatoms. The molecule has 1 heterocycles. The zero-order valence-corrected chi connectivity index (χ0v) is 14.4. The van der Waals surface area contributed by atoms with Crippen LogP contribution in [-0.2, 0) is 9.59 Å². The lowest BCUT2D eigenvalue weighted by Gasteiger charge is -2.35. The summed E-state index contributed by atoms with van der Waals surface area (Å²) in [6.07, 6.45) is 2.52. The second kappa shape index (κ2) is 12.0. The van der Waals surface area contributed by atoms with E-state index in [0.29, 0.717) is 12.6 Å². The third-order valence-electron chi connectivity index (χ3n) is 3.54. The molecule has 1 saturated heterocycles. The molecule has 0 aromatic rings. The maximum absolute atomic E-state index is 11.5. The average Bonchev–Trinajstić information content (AvgIpc) is 2.41. The maximum Gasteiger partial charge on any atom is 0.239 e. The summed E-state index contributed by atoms with van der Waals surface area (Å²) in [6.45, 7) is 7.11. The number of nitrogens with zero attached hydrogens (tertiary/aromatic N) is 1. The standard InChI is InChI=1S/C13H26N4O2.2ClH/c1-10-4-3-5-17(9-10)11(2)7-15-13(19)8-16-12(18)6-14;;/h10-11H,3-9,14H2,1-2H3,(H,15,19)(H,16,18);2*1H. The molecule has 0 spiro atoms. The van der Waals surface area contributed by atoms with Crippen LogP contribution in [0.15, 0.2) is 0 Å². The molecule has 1 aliphatic rings. The van der Waals surface area contributed by atoms with E-state index < -0.39 is 0 Å². The topological polar surface area (TPSA) is 87.5 Å². The quantitative estimate of drug-likeness (QED) is 0.640. The van der Waals surface area contributed by atoms with Crippen molar-refractivity contribution in [2.24, 2.45) is 11.7 Å². The van der Waals surface area contributed by atoms with E-state index in [9.17, 15) is 9.59 Å². The molecular formula is C13H28Cl2N4O2. The Labute approximate surface area is 139 Å². The highest BCUT2D eigenvalue weighted by Crippen LogP contribution is 2.17. The van der Waals surface area contributed by atoms with Gasteiger partial charge in [0.25, 0.3) is 0 Å². The summed E-state index contributed by atoms with van der Waals surface area (Å²) >= 11 is 0. The third kappa shape index (κ3) is 9.14. The van der Waals surface area contributed by atoms with Gasteiger partial charge >= 0.3 is 0 Å². The first kappa shape index (κ1) is 22.7. The number of carbonyl (C=O) groups excluding carboxylic acids is 2. The van der Waals surface area contributed by atoms with Crippen molar-refractivity contribution in [3.05, 3.63) is 0 Å². The predicted molar refractivity (Wildman–Crippen MR) is 89.0 cm³/mol. The molecule has 126 valence electrons. The van der Waals surface area contributed by atoms with Crippen LogP contribution in [0.25, 0.3) is 0 Å². The van der Waals surface area contributed by atoms with Gasteiger partial charge in [-0.3, -0.25) is 14.5 Å². The molecule has 4 N–H and O–H groups in total. The zero-order chi connectivity index (χ0) is 14.3. The van der Waals surface area contributed by atoms with Crippen molar-refractivity contribution in [3.8, 4) is 0 Å². The third-order valence-corrected chi connectivity index (χ3v) is 3.54. The van der Waals surface area contributed by atoms with Gasteiger partial charge in [-0.15, -0.1) is 24.8 Å². The van der Waals surface area contributed by atoms with E-state index in [1.54, 1.807) is 0 Å². The van der Waals surface area contributed by atoms with Crippen molar-refractivity contribution in [1.29, 1.82) is 0 Å². The van der Waals surface area contributed by atoms with E-state index in [1.165, 1.54) is 12.8 Å². The van der Waals surface area contributed by atoms with E-state index in [4.69, 9.17) is 5.73 Å². The first-order chi connectivity index (χ1) is 9.02. The minimum absolute atomic E-state index is 0. The highest BCUT2D eigenvalue weighted by atomic mass is 35.5. The lowest BCUT2D eigenvalue weighted by molar-refractivity contribution is -0.125. The molecule has 0 aliphatic carbocycles. The van der Waals surface area contributed by atoms with E-state index in [0.717, 1.165) is 19.0 Å². The van der Waals surface area contributed by atoms with Gasteiger partial charge in [0.1, 0.15) is 0 Å². The number of piperidine rings is 1. The highest BCUT2D eigenvalue weighted by molar-refractivity contribution is 5.86. The molecule has 0 aromatic heterocycles. The van der Waals surface area contributed by atoms with Gasteiger partial charge in [0.2, 0.25) is 11.8 Å². The Kier molecular flexibility index (Phi) is 13.0. The van der Waals surface area contributed by atoms with Crippen molar-refractivity contribution in [1.82, 2.24) is 15.5 Å². The van der Waals surface area contributed by atoms with Crippen molar-refractivity contribution in [3.63, 3.8) is 0 Å². The van der Waals surface area contributed by atoms with Crippen LogP contribution in [0.4, 0.5) is 0 Å². The summed E-state index contributed by atoms with van der Waals surface area (Å²) in [7, 11) is 0. The summed E-state index contributed by atoms with van der Waals surface area (Å²) in [6, 6.07) is 0.330. The average molecular weight is 343 g/mol. The molecule has 1 fully saturated rings. The Morgan fingerprint density at radius 2 is 1.95 bits per heavy atom. The van der Waals surface area contributed by atoms with Gasteiger partial charge in [0, 0.05) is 19.1 Å². The van der Waals surface area contributed by atoms with Crippen LogP contribution in [0.1, 0.15) is 26.7 Å². The number of carbonyl (C=O) groups is 2. The summed E-state index contributed by atoms with van der Waals surface area (Å²) in [5.74, 6) is 0.252. The minimum atomic E-state index is -0.312. The summed E-state index contributed by atoms with van der Waals surface area (Å²) < 4.78 is 0. The summed E-state index contributed by atoms with van der Waals surface area (Å²) in [5.41, 5.74) is 5.14. The number of nitrogens with two attached hydrogens (primary N) is 1. The predicted octanol–water partition coefficient (Wildman–Crippen LogP) is 0.142. The second-order valence-corrected chi connectivity index (χ2v) is 5.38. The number of hydrogen-bond acceptors (Lipinski definition) is 4. The second-order valence-electron chi connectivity index (χ2n) is 5.38. The number of halogens is 2. The molecule has 21 heavy (non-hydrogen) atoms. The molecule has 1 rings (SSSR count). The summed E-state index contributed by atoms with van der Waals surface area (Å²) in [5, 5.41) is 5.29. The molecular weight excluding hydrogens is 315 g/mol. The number of hydrogen-bond donors (Lipinski definition) is 3. The molecule has 2 amide bonds. The van der Waals surface area contributed by atoms with Gasteiger partial charge < -0.3 is 16.4 Å². The normalized spacial score (nSPS) is 19.7. The minimum Gasteiger partial charge on any atom is -0.353 e. The smallest absolute Gasteiger partial charge is 0.239 e. The number of rotatable bonds is 6. The molecule has 0 radical (unpaired) electrons. The van der Waals surface area contributed by atoms with Crippen molar-refractivity contribution in [2.45, 2.75) is 32.7 Å². The largest absolute Gasteiger partial charge is 0.353 e. The Morgan fingerprint density at radius 3 is 2.52 bits per heavy atom. The van der Waals surface area contributed by atoms with Crippen molar-refractivity contribution in [2.75, 3.05) is 32.7 Å². The van der Waals surface area contributed by atoms with E-state index in [1.807, 2.05) is 0 Å². The van der Waals surface area contributed by atoms with Gasteiger partial charge in [-0.1, -0.05) is 6.92 Å². The molecule has 6 nitrogen and oxygen atoms in total. The van der Waals surface area contributed by atoms with Gasteiger partial charge in [-0.25, -0.2) is 0 Å². The van der Waals surface area contributed by atoms with Crippen LogP contribution in [0.2, 0.25) is 0 Å². The maximum atomic E-state index is 11.5. The zero-order valence-electron chi connectivity index (χ0n) is 12.8.